The summed E-state index contributed by atoms with van der Waals surface area (Å²) in [5.74, 6) is -0.797. The van der Waals surface area contributed by atoms with Crippen LogP contribution in [0.1, 0.15) is 53.0 Å². The number of anilines is 3. The van der Waals surface area contributed by atoms with Crippen molar-refractivity contribution in [2.75, 3.05) is 36.1 Å². The number of aliphatic hydroxyl groups is 4. The monoisotopic (exact) mass is 706 g/mol. The minimum atomic E-state index is -1.69. The first-order chi connectivity index (χ1) is 24.5. The summed E-state index contributed by atoms with van der Waals surface area (Å²) in [5.41, 5.74) is 8.22. The molecule has 3 aliphatic heterocycles. The van der Waals surface area contributed by atoms with Crippen LogP contribution in [0.3, 0.4) is 0 Å². The Hall–Kier alpha value is -5.00. The second kappa shape index (κ2) is 15.5. The first-order valence-electron chi connectivity index (χ1n) is 16.8. The van der Waals surface area contributed by atoms with Gasteiger partial charge >= 0.3 is 0 Å². The fourth-order valence-electron chi connectivity index (χ4n) is 6.27. The number of carbonyl (C=O) groups is 3. The molecule has 1 aromatic heterocycles. The lowest BCUT2D eigenvalue weighted by atomic mass is 9.99. The highest BCUT2D eigenvalue weighted by Gasteiger charge is 2.45. The number of nitrogens with zero attached hydrogens (tertiary/aromatic N) is 3. The molecule has 6 atom stereocenters. The van der Waals surface area contributed by atoms with E-state index in [0.29, 0.717) is 35.0 Å². The second-order valence-electron chi connectivity index (χ2n) is 12.8. The van der Waals surface area contributed by atoms with Gasteiger partial charge in [-0.05, 0) is 62.1 Å². The van der Waals surface area contributed by atoms with E-state index in [9.17, 15) is 34.8 Å². The van der Waals surface area contributed by atoms with Gasteiger partial charge in [0.25, 0.3) is 11.8 Å². The second-order valence-corrected chi connectivity index (χ2v) is 12.8. The van der Waals surface area contributed by atoms with Crippen LogP contribution in [-0.2, 0) is 16.6 Å². The van der Waals surface area contributed by atoms with Crippen molar-refractivity contribution in [1.82, 2.24) is 9.47 Å². The van der Waals surface area contributed by atoms with Crippen molar-refractivity contribution in [3.8, 4) is 11.5 Å². The summed E-state index contributed by atoms with van der Waals surface area (Å²) in [6.45, 7) is -0.0436. The Bertz CT molecular complexity index is 1780. The van der Waals surface area contributed by atoms with Gasteiger partial charge in [0.1, 0.15) is 30.1 Å². The Balaban J connectivity index is 1.12. The number of nitrogens with two attached hydrogens (primary N) is 1. The van der Waals surface area contributed by atoms with E-state index in [-0.39, 0.29) is 60.3 Å². The Morgan fingerprint density at radius 3 is 2.57 bits per heavy atom. The molecule has 2 fully saturated rings. The minimum absolute atomic E-state index is 0.00407. The van der Waals surface area contributed by atoms with E-state index in [2.05, 4.69) is 15.6 Å². The Morgan fingerprint density at radius 2 is 1.80 bits per heavy atom. The highest BCUT2D eigenvalue weighted by molar-refractivity contribution is 6.05. The third-order valence-electron chi connectivity index (χ3n) is 9.08. The maximum absolute atomic E-state index is 13.6. The van der Waals surface area contributed by atoms with Gasteiger partial charge in [0.05, 0.1) is 36.2 Å². The van der Waals surface area contributed by atoms with Gasteiger partial charge in [-0.25, -0.2) is 0 Å². The van der Waals surface area contributed by atoms with Crippen molar-refractivity contribution in [2.24, 2.45) is 12.0 Å². The zero-order valence-corrected chi connectivity index (χ0v) is 28.0. The lowest BCUT2D eigenvalue weighted by Gasteiger charge is -2.39. The molecule has 3 aromatic rings. The minimum Gasteiger partial charge on any atom is -0.490 e. The van der Waals surface area contributed by atoms with Crippen LogP contribution in [0.25, 0.3) is 0 Å². The van der Waals surface area contributed by atoms with Crippen molar-refractivity contribution in [3.05, 3.63) is 59.9 Å². The predicted octanol–water partition coefficient (Wildman–Crippen LogP) is 1.55. The van der Waals surface area contributed by atoms with Crippen LogP contribution in [0.2, 0.25) is 0 Å². The maximum Gasteiger partial charge on any atom is 0.272 e. The molecule has 0 bridgehead atoms. The molecule has 3 aliphatic rings. The number of aromatic nitrogens is 1. The number of aliphatic hydroxyl groups excluding tert-OH is 4. The number of aliphatic imine (C=N–C) groups is 1. The fourth-order valence-corrected chi connectivity index (χ4v) is 6.27. The smallest absolute Gasteiger partial charge is 0.272 e. The molecule has 0 unspecified atom stereocenters. The SMILES string of the molecule is Cn1cc(NC(=O)CCCOc2cc3c(cc2O[C@@H]2O[C@H](CO)[C@@H](O)[C@H](O)[C@H]2O)C(=O)N2CCCC[C@H]2C=N3)cc1C(=O)Nc1ccc(N)cc1. The molecule has 6 rings (SSSR count). The number of fused-ring (bicyclic) bond motifs is 2. The molecule has 16 nitrogen and oxygen atoms in total. The summed E-state index contributed by atoms with van der Waals surface area (Å²) >= 11 is 0. The summed E-state index contributed by atoms with van der Waals surface area (Å²) < 4.78 is 19.1. The van der Waals surface area contributed by atoms with Gasteiger partial charge in [0.2, 0.25) is 12.2 Å². The molecular weight excluding hydrogens is 664 g/mol. The Kier molecular flexibility index (Phi) is 10.9. The van der Waals surface area contributed by atoms with E-state index in [0.717, 1.165) is 19.3 Å². The Morgan fingerprint density at radius 1 is 1.02 bits per heavy atom. The number of hydrogen-bond donors (Lipinski definition) is 7. The zero-order valence-electron chi connectivity index (χ0n) is 28.0. The van der Waals surface area contributed by atoms with Crippen molar-refractivity contribution in [2.45, 2.75) is 68.9 Å². The van der Waals surface area contributed by atoms with E-state index >= 15 is 0 Å². The lowest BCUT2D eigenvalue weighted by Crippen LogP contribution is -2.60. The fraction of sp³-hybridized carbons (Fsp3) is 0.429. The summed E-state index contributed by atoms with van der Waals surface area (Å²) in [6, 6.07) is 11.1. The number of ether oxygens (including phenoxy) is 3. The number of carbonyl (C=O) groups excluding carboxylic acids is 3. The molecule has 0 saturated carbocycles. The van der Waals surface area contributed by atoms with E-state index < -0.39 is 37.3 Å². The van der Waals surface area contributed by atoms with E-state index in [1.807, 2.05) is 0 Å². The highest BCUT2D eigenvalue weighted by atomic mass is 16.7. The molecule has 0 radical (unpaired) electrons. The summed E-state index contributed by atoms with van der Waals surface area (Å²) in [4.78, 5) is 45.6. The number of hydrogen-bond acceptors (Lipinski definition) is 12. The number of rotatable bonds is 11. The van der Waals surface area contributed by atoms with Crippen molar-refractivity contribution in [3.63, 3.8) is 0 Å². The molecule has 2 saturated heterocycles. The topological polar surface area (TPSA) is 230 Å². The lowest BCUT2D eigenvalue weighted by molar-refractivity contribution is -0.277. The standard InChI is InChI=1S/C35H42N6O10/c1-40-17-21(13-25(40)33(47)39-20-9-7-19(36)8-10-20)38-29(43)6-4-12-49-26-15-24-23(34(48)41-11-3-2-5-22(41)16-37-24)14-27(26)50-35-32(46)31(45)30(44)28(18-42)51-35/h7-10,13-17,22,28,30-32,35,42,44-46H,2-6,11-12,18,36H2,1H3,(H,38,43)(H,39,47)/t22-,28+,30+,31-,32+,35+/m0/s1. The maximum atomic E-state index is 13.6. The van der Waals surface area contributed by atoms with Crippen LogP contribution >= 0.6 is 0 Å². The number of nitrogens with one attached hydrogen (secondary N) is 2. The number of aryl methyl sites for hydroxylation is 1. The number of benzene rings is 2. The number of amides is 3. The van der Waals surface area contributed by atoms with Crippen LogP contribution in [0.4, 0.5) is 22.7 Å². The molecule has 4 heterocycles. The third kappa shape index (κ3) is 8.00. The van der Waals surface area contributed by atoms with Crippen LogP contribution in [0.15, 0.2) is 53.7 Å². The van der Waals surface area contributed by atoms with Gasteiger partial charge in [-0.3, -0.25) is 19.4 Å². The molecule has 16 heteroatoms. The first-order valence-corrected chi connectivity index (χ1v) is 16.8. The van der Waals surface area contributed by atoms with E-state index in [4.69, 9.17) is 19.9 Å². The quantitative estimate of drug-likeness (QED) is 0.112. The average molecular weight is 707 g/mol. The summed E-state index contributed by atoms with van der Waals surface area (Å²) in [5, 5.41) is 46.4. The van der Waals surface area contributed by atoms with Gasteiger partial charge in [-0.1, -0.05) is 0 Å². The van der Waals surface area contributed by atoms with Crippen molar-refractivity contribution in [1.29, 1.82) is 0 Å². The molecular formula is C35H42N6O10. The number of nitrogen functional groups attached to an aromatic ring is 1. The average Bonchev–Trinajstić information content (AvgIpc) is 3.43. The molecule has 51 heavy (non-hydrogen) atoms. The van der Waals surface area contributed by atoms with Gasteiger partial charge in [-0.15, -0.1) is 0 Å². The molecule has 3 amide bonds. The largest absolute Gasteiger partial charge is 0.490 e. The molecule has 8 N–H and O–H groups in total. The van der Waals surface area contributed by atoms with Gasteiger partial charge < -0.3 is 60.5 Å². The number of piperidine rings is 1. The summed E-state index contributed by atoms with van der Waals surface area (Å²) in [7, 11) is 1.69. The molecule has 0 spiro atoms. The molecule has 2 aromatic carbocycles. The van der Waals surface area contributed by atoms with Gasteiger partial charge in [0.15, 0.2) is 11.5 Å². The van der Waals surface area contributed by atoms with Crippen LogP contribution in [-0.4, -0.2) is 110 Å². The van der Waals surface area contributed by atoms with E-state index in [1.54, 1.807) is 59.3 Å². The van der Waals surface area contributed by atoms with Crippen molar-refractivity contribution >= 4 is 46.7 Å². The molecule has 0 aliphatic carbocycles. The van der Waals surface area contributed by atoms with Crippen LogP contribution in [0, 0.1) is 0 Å². The molecule has 272 valence electrons. The van der Waals surface area contributed by atoms with Crippen LogP contribution < -0.4 is 25.8 Å². The van der Waals surface area contributed by atoms with Gasteiger partial charge in [0, 0.05) is 49.9 Å². The van der Waals surface area contributed by atoms with E-state index in [1.165, 1.54) is 12.1 Å². The highest BCUT2D eigenvalue weighted by Crippen LogP contribution is 2.39. The third-order valence-corrected chi connectivity index (χ3v) is 9.08. The normalized spacial score (nSPS) is 24.3. The first kappa shape index (κ1) is 35.8. The van der Waals surface area contributed by atoms with Crippen LogP contribution in [0.5, 0.6) is 11.5 Å². The predicted molar refractivity (Wildman–Crippen MR) is 185 cm³/mol. The Labute approximate surface area is 293 Å². The summed E-state index contributed by atoms with van der Waals surface area (Å²) in [6.07, 6.45) is -1.39. The van der Waals surface area contributed by atoms with Crippen molar-refractivity contribution < 1.29 is 49.0 Å². The van der Waals surface area contributed by atoms with Gasteiger partial charge in [-0.2, -0.15) is 0 Å². The zero-order chi connectivity index (χ0) is 36.2.